The molecule has 26 heavy (non-hydrogen) atoms. The van der Waals surface area contributed by atoms with E-state index in [1.165, 1.54) is 11.3 Å². The van der Waals surface area contributed by atoms with Crippen LogP contribution in [0.25, 0.3) is 5.69 Å². The summed E-state index contributed by atoms with van der Waals surface area (Å²) < 4.78 is 24.3. The second-order valence-corrected chi connectivity index (χ2v) is 6.56. The minimum absolute atomic E-state index is 0.0450. The van der Waals surface area contributed by atoms with Crippen LogP contribution in [0, 0.1) is 0 Å². The molecule has 0 saturated carbocycles. The third kappa shape index (κ3) is 1.96. The van der Waals surface area contributed by atoms with Crippen LogP contribution in [-0.2, 0) is 6.54 Å². The van der Waals surface area contributed by atoms with Gasteiger partial charge in [0.1, 0.15) is 0 Å². The Kier molecular flexibility index (Phi) is 2.81. The van der Waals surface area contributed by atoms with E-state index in [0.717, 1.165) is 40.8 Å². The maximum absolute atomic E-state index is 5.57. The third-order valence-corrected chi connectivity index (χ3v) is 5.14. The fraction of sp³-hybridized carbons (Fsp3) is 0.200. The summed E-state index contributed by atoms with van der Waals surface area (Å²) in [4.78, 5) is 0. The first-order valence-corrected chi connectivity index (χ1v) is 8.60. The van der Waals surface area contributed by atoms with Crippen LogP contribution in [0.1, 0.15) is 22.9 Å². The van der Waals surface area contributed by atoms with E-state index >= 15 is 0 Å². The topological polar surface area (TPSA) is 53.9 Å². The minimum Gasteiger partial charge on any atom is -0.454 e. The number of hydrogen-bond donors (Lipinski definition) is 1. The van der Waals surface area contributed by atoms with Gasteiger partial charge in [0.2, 0.25) is 13.6 Å². The van der Waals surface area contributed by atoms with Gasteiger partial charge in [0.15, 0.2) is 23.0 Å². The molecule has 2 aromatic carbocycles. The van der Waals surface area contributed by atoms with Gasteiger partial charge in [0, 0.05) is 24.5 Å². The SMILES string of the molecule is c1cc2n(c1)-c1cc3c(cc1CN[C@@H]2c1ccc2c(c1)OCO2)OCO3. The molecule has 3 aliphatic rings. The molecule has 0 unspecified atom stereocenters. The monoisotopic (exact) mass is 348 g/mol. The van der Waals surface area contributed by atoms with Crippen molar-refractivity contribution in [2.75, 3.05) is 13.6 Å². The van der Waals surface area contributed by atoms with Crippen LogP contribution < -0.4 is 24.3 Å². The standard InChI is InChI=1S/C20H16N2O4/c1-2-14-20(12-3-4-16-17(6-12)24-10-23-16)21-9-13-7-18-19(26-11-25-18)8-15(13)22(14)5-1/h1-8,20-21H,9-11H2/t20-/m1/s1. The summed E-state index contributed by atoms with van der Waals surface area (Å²) >= 11 is 0. The smallest absolute Gasteiger partial charge is 0.231 e. The first-order valence-electron chi connectivity index (χ1n) is 8.60. The van der Waals surface area contributed by atoms with Gasteiger partial charge in [0.05, 0.1) is 11.7 Å². The minimum atomic E-state index is 0.0450. The van der Waals surface area contributed by atoms with Crippen LogP contribution in [0.15, 0.2) is 48.7 Å². The number of hydrogen-bond acceptors (Lipinski definition) is 5. The molecule has 1 N–H and O–H groups in total. The predicted octanol–water partition coefficient (Wildman–Crippen LogP) is 3.13. The van der Waals surface area contributed by atoms with Crippen LogP contribution in [0.2, 0.25) is 0 Å². The molecule has 0 amide bonds. The molecular formula is C20H16N2O4. The fourth-order valence-corrected chi connectivity index (χ4v) is 3.89. The number of nitrogens with zero attached hydrogens (tertiary/aromatic N) is 1. The molecule has 3 aromatic rings. The molecule has 0 saturated heterocycles. The summed E-state index contributed by atoms with van der Waals surface area (Å²) in [6, 6.07) is 14.5. The summed E-state index contributed by atoms with van der Waals surface area (Å²) in [7, 11) is 0. The average molecular weight is 348 g/mol. The summed E-state index contributed by atoms with van der Waals surface area (Å²) in [6.45, 7) is 1.29. The van der Waals surface area contributed by atoms with Crippen molar-refractivity contribution in [1.29, 1.82) is 0 Å². The molecule has 4 heterocycles. The van der Waals surface area contributed by atoms with Crippen LogP contribution in [0.4, 0.5) is 0 Å². The molecule has 6 heteroatoms. The van der Waals surface area contributed by atoms with Crippen molar-refractivity contribution >= 4 is 0 Å². The second kappa shape index (κ2) is 5.19. The van der Waals surface area contributed by atoms with E-state index in [2.05, 4.69) is 52.5 Å². The van der Waals surface area contributed by atoms with E-state index in [0.29, 0.717) is 0 Å². The lowest BCUT2D eigenvalue weighted by molar-refractivity contribution is 0.173. The first kappa shape index (κ1) is 14.1. The molecule has 3 aliphatic heterocycles. The zero-order chi connectivity index (χ0) is 17.1. The summed E-state index contributed by atoms with van der Waals surface area (Å²) in [5.74, 6) is 3.20. The maximum atomic E-state index is 5.57. The van der Waals surface area contributed by atoms with Gasteiger partial charge in [-0.3, -0.25) is 0 Å². The van der Waals surface area contributed by atoms with Crippen molar-refractivity contribution in [1.82, 2.24) is 9.88 Å². The first-order chi connectivity index (χ1) is 12.9. The zero-order valence-corrected chi connectivity index (χ0v) is 13.9. The lowest BCUT2D eigenvalue weighted by atomic mass is 10.0. The molecule has 0 radical (unpaired) electrons. The highest BCUT2D eigenvalue weighted by Gasteiger charge is 2.27. The van der Waals surface area contributed by atoms with E-state index < -0.39 is 0 Å². The van der Waals surface area contributed by atoms with Crippen molar-refractivity contribution in [3.8, 4) is 28.7 Å². The van der Waals surface area contributed by atoms with Crippen LogP contribution in [0.5, 0.6) is 23.0 Å². The highest BCUT2D eigenvalue weighted by atomic mass is 16.7. The van der Waals surface area contributed by atoms with Crippen molar-refractivity contribution in [2.45, 2.75) is 12.6 Å². The average Bonchev–Trinajstić information content (AvgIpc) is 3.39. The van der Waals surface area contributed by atoms with Gasteiger partial charge in [-0.25, -0.2) is 0 Å². The molecule has 6 nitrogen and oxygen atoms in total. The van der Waals surface area contributed by atoms with Gasteiger partial charge in [0.25, 0.3) is 0 Å². The van der Waals surface area contributed by atoms with Crippen molar-refractivity contribution in [3.63, 3.8) is 0 Å². The summed E-state index contributed by atoms with van der Waals surface area (Å²) in [5.41, 5.74) is 4.60. The Bertz CT molecular complexity index is 1030. The Hall–Kier alpha value is -3.12. The lowest BCUT2D eigenvalue weighted by Crippen LogP contribution is -2.21. The molecule has 0 bridgehead atoms. The quantitative estimate of drug-likeness (QED) is 0.732. The number of rotatable bonds is 1. The van der Waals surface area contributed by atoms with Gasteiger partial charge in [-0.15, -0.1) is 0 Å². The Morgan fingerprint density at radius 1 is 0.846 bits per heavy atom. The fourth-order valence-electron chi connectivity index (χ4n) is 3.89. The second-order valence-electron chi connectivity index (χ2n) is 6.56. The van der Waals surface area contributed by atoms with Gasteiger partial charge in [-0.1, -0.05) is 6.07 Å². The van der Waals surface area contributed by atoms with Crippen molar-refractivity contribution in [2.24, 2.45) is 0 Å². The van der Waals surface area contributed by atoms with Crippen LogP contribution in [-0.4, -0.2) is 18.2 Å². The van der Waals surface area contributed by atoms with E-state index in [9.17, 15) is 0 Å². The van der Waals surface area contributed by atoms with Gasteiger partial charge in [-0.05, 0) is 41.5 Å². The molecule has 130 valence electrons. The number of aromatic nitrogens is 1. The molecule has 0 aliphatic carbocycles. The van der Waals surface area contributed by atoms with E-state index in [1.54, 1.807) is 0 Å². The lowest BCUT2D eigenvalue weighted by Gasteiger charge is -2.18. The largest absolute Gasteiger partial charge is 0.454 e. The molecule has 0 fully saturated rings. The predicted molar refractivity (Wildman–Crippen MR) is 93.1 cm³/mol. The van der Waals surface area contributed by atoms with E-state index in [4.69, 9.17) is 18.9 Å². The van der Waals surface area contributed by atoms with Crippen LogP contribution >= 0.6 is 0 Å². The summed E-state index contributed by atoms with van der Waals surface area (Å²) in [6.07, 6.45) is 2.09. The number of ether oxygens (including phenoxy) is 4. The van der Waals surface area contributed by atoms with Gasteiger partial charge < -0.3 is 28.8 Å². The van der Waals surface area contributed by atoms with Crippen molar-refractivity contribution in [3.05, 3.63) is 65.5 Å². The molecule has 0 spiro atoms. The molecule has 6 rings (SSSR count). The maximum Gasteiger partial charge on any atom is 0.231 e. The highest BCUT2D eigenvalue weighted by Crippen LogP contribution is 2.41. The molecular weight excluding hydrogens is 332 g/mol. The van der Waals surface area contributed by atoms with Gasteiger partial charge >= 0.3 is 0 Å². The Morgan fingerprint density at radius 2 is 1.62 bits per heavy atom. The highest BCUT2D eigenvalue weighted by molar-refractivity contribution is 5.57. The van der Waals surface area contributed by atoms with E-state index in [1.807, 2.05) is 6.07 Å². The normalized spacial score (nSPS) is 19.0. The zero-order valence-electron chi connectivity index (χ0n) is 13.9. The summed E-state index contributed by atoms with van der Waals surface area (Å²) in [5, 5.41) is 3.67. The third-order valence-electron chi connectivity index (χ3n) is 5.14. The van der Waals surface area contributed by atoms with Gasteiger partial charge in [-0.2, -0.15) is 0 Å². The Morgan fingerprint density at radius 3 is 2.50 bits per heavy atom. The number of benzene rings is 2. The Labute approximate surface area is 149 Å². The number of nitrogens with one attached hydrogen (secondary N) is 1. The number of fused-ring (bicyclic) bond motifs is 5. The van der Waals surface area contributed by atoms with Crippen LogP contribution in [0.3, 0.4) is 0 Å². The Balaban J connectivity index is 1.48. The van der Waals surface area contributed by atoms with Crippen molar-refractivity contribution < 1.29 is 18.9 Å². The molecule has 1 atom stereocenters. The van der Waals surface area contributed by atoms with E-state index in [-0.39, 0.29) is 19.6 Å². The molecule has 1 aromatic heterocycles.